The van der Waals surface area contributed by atoms with Gasteiger partial charge in [0.15, 0.2) is 0 Å². The molecule has 2 heterocycles. The first kappa shape index (κ1) is 12.5. The largest absolute Gasteiger partial charge is 0.304 e. The van der Waals surface area contributed by atoms with Gasteiger partial charge in [-0.25, -0.2) is 5.01 Å². The summed E-state index contributed by atoms with van der Waals surface area (Å²) in [4.78, 5) is 2.36. The Labute approximate surface area is 103 Å². The summed E-state index contributed by atoms with van der Waals surface area (Å²) in [6.07, 6.45) is 4.07. The fourth-order valence-corrected chi connectivity index (χ4v) is 1.92. The molecule has 0 amide bonds. The molecular formula is C12H23N5. The fourth-order valence-electron chi connectivity index (χ4n) is 1.92. The van der Waals surface area contributed by atoms with Gasteiger partial charge in [-0.15, -0.1) is 0 Å². The standard InChI is InChI=1S/C12H23N5/c1-11(2)17-10-12(9-14-17)8-13-16-6-4-15(3)5-7-16/h9-11,13H,4-8H2,1-3H3. The zero-order valence-corrected chi connectivity index (χ0v) is 11.1. The van der Waals surface area contributed by atoms with Crippen molar-refractivity contribution >= 4 is 0 Å². The van der Waals surface area contributed by atoms with Gasteiger partial charge in [0, 0.05) is 50.5 Å². The minimum Gasteiger partial charge on any atom is -0.304 e. The zero-order valence-electron chi connectivity index (χ0n) is 11.1. The first-order valence-electron chi connectivity index (χ1n) is 6.35. The second-order valence-electron chi connectivity index (χ2n) is 5.05. The van der Waals surface area contributed by atoms with E-state index in [-0.39, 0.29) is 0 Å². The highest BCUT2D eigenvalue weighted by molar-refractivity contribution is 5.03. The van der Waals surface area contributed by atoms with Crippen LogP contribution in [0, 0.1) is 0 Å². The molecule has 1 saturated heterocycles. The molecule has 0 spiro atoms. The molecule has 1 N–H and O–H groups in total. The summed E-state index contributed by atoms with van der Waals surface area (Å²) < 4.78 is 2.00. The van der Waals surface area contributed by atoms with Crippen LogP contribution in [0.3, 0.4) is 0 Å². The maximum absolute atomic E-state index is 4.34. The van der Waals surface area contributed by atoms with Crippen LogP contribution in [-0.2, 0) is 6.54 Å². The topological polar surface area (TPSA) is 36.3 Å². The predicted octanol–water partition coefficient (Wildman–Crippen LogP) is 0.716. The van der Waals surface area contributed by atoms with E-state index in [1.165, 1.54) is 5.56 Å². The van der Waals surface area contributed by atoms with E-state index in [0.717, 1.165) is 32.7 Å². The van der Waals surface area contributed by atoms with Crippen molar-refractivity contribution in [2.75, 3.05) is 33.2 Å². The Hall–Kier alpha value is -0.910. The Morgan fingerprint density at radius 3 is 2.59 bits per heavy atom. The molecule has 1 fully saturated rings. The molecule has 0 bridgehead atoms. The van der Waals surface area contributed by atoms with E-state index in [1.807, 2.05) is 10.9 Å². The zero-order chi connectivity index (χ0) is 12.3. The summed E-state index contributed by atoms with van der Waals surface area (Å²) in [5.74, 6) is 0. The molecule has 0 unspecified atom stereocenters. The van der Waals surface area contributed by atoms with Crippen molar-refractivity contribution in [1.29, 1.82) is 0 Å². The van der Waals surface area contributed by atoms with Crippen molar-refractivity contribution in [3.05, 3.63) is 18.0 Å². The molecule has 5 nitrogen and oxygen atoms in total. The van der Waals surface area contributed by atoms with Crippen LogP contribution in [0.2, 0.25) is 0 Å². The summed E-state index contributed by atoms with van der Waals surface area (Å²) in [6, 6.07) is 0.437. The maximum Gasteiger partial charge on any atom is 0.0535 e. The normalized spacial score (nSPS) is 19.1. The number of likely N-dealkylation sites (N-methyl/N-ethyl adjacent to an activating group) is 1. The molecule has 0 radical (unpaired) electrons. The van der Waals surface area contributed by atoms with Crippen molar-refractivity contribution in [1.82, 2.24) is 25.1 Å². The molecule has 1 aromatic rings. The summed E-state index contributed by atoms with van der Waals surface area (Å²) >= 11 is 0. The molecule has 0 aliphatic carbocycles. The highest BCUT2D eigenvalue weighted by Gasteiger charge is 2.13. The van der Waals surface area contributed by atoms with Crippen LogP contribution in [0.5, 0.6) is 0 Å². The van der Waals surface area contributed by atoms with E-state index in [4.69, 9.17) is 0 Å². The minimum absolute atomic E-state index is 0.437. The second kappa shape index (κ2) is 5.62. The third-order valence-corrected chi connectivity index (χ3v) is 3.19. The molecule has 1 aliphatic heterocycles. The van der Waals surface area contributed by atoms with Gasteiger partial charge >= 0.3 is 0 Å². The quantitative estimate of drug-likeness (QED) is 0.837. The van der Waals surface area contributed by atoms with Crippen molar-refractivity contribution < 1.29 is 0 Å². The van der Waals surface area contributed by atoms with Crippen molar-refractivity contribution in [3.63, 3.8) is 0 Å². The Balaban J connectivity index is 1.77. The SMILES string of the molecule is CC(C)n1cc(CNN2CCN(C)CC2)cn1. The number of nitrogens with zero attached hydrogens (tertiary/aromatic N) is 4. The van der Waals surface area contributed by atoms with Crippen LogP contribution < -0.4 is 5.43 Å². The smallest absolute Gasteiger partial charge is 0.0535 e. The van der Waals surface area contributed by atoms with E-state index in [1.54, 1.807) is 0 Å². The lowest BCUT2D eigenvalue weighted by Gasteiger charge is -2.32. The van der Waals surface area contributed by atoms with E-state index in [2.05, 4.69) is 47.5 Å². The van der Waals surface area contributed by atoms with Crippen LogP contribution in [-0.4, -0.2) is 52.9 Å². The van der Waals surface area contributed by atoms with E-state index in [9.17, 15) is 0 Å². The fraction of sp³-hybridized carbons (Fsp3) is 0.750. The van der Waals surface area contributed by atoms with Crippen molar-refractivity contribution in [2.45, 2.75) is 26.4 Å². The minimum atomic E-state index is 0.437. The highest BCUT2D eigenvalue weighted by atomic mass is 15.5. The molecule has 96 valence electrons. The monoisotopic (exact) mass is 237 g/mol. The lowest BCUT2D eigenvalue weighted by atomic mass is 10.3. The van der Waals surface area contributed by atoms with Crippen molar-refractivity contribution in [2.24, 2.45) is 0 Å². The molecule has 1 aliphatic rings. The van der Waals surface area contributed by atoms with Gasteiger partial charge in [-0.2, -0.15) is 5.10 Å². The van der Waals surface area contributed by atoms with E-state index >= 15 is 0 Å². The van der Waals surface area contributed by atoms with Gasteiger partial charge in [-0.05, 0) is 20.9 Å². The highest BCUT2D eigenvalue weighted by Crippen LogP contribution is 2.05. The van der Waals surface area contributed by atoms with Gasteiger partial charge < -0.3 is 4.90 Å². The Morgan fingerprint density at radius 2 is 2.00 bits per heavy atom. The van der Waals surface area contributed by atoms with Crippen LogP contribution in [0.1, 0.15) is 25.5 Å². The first-order valence-corrected chi connectivity index (χ1v) is 6.35. The first-order chi connectivity index (χ1) is 8.15. The Kier molecular flexibility index (Phi) is 4.15. The van der Waals surface area contributed by atoms with Gasteiger partial charge in [-0.3, -0.25) is 10.1 Å². The number of nitrogens with one attached hydrogen (secondary N) is 1. The van der Waals surface area contributed by atoms with Crippen LogP contribution in [0.15, 0.2) is 12.4 Å². The lowest BCUT2D eigenvalue weighted by Crippen LogP contribution is -2.50. The van der Waals surface area contributed by atoms with Crippen LogP contribution in [0.25, 0.3) is 0 Å². The van der Waals surface area contributed by atoms with Gasteiger partial charge in [0.25, 0.3) is 0 Å². The Morgan fingerprint density at radius 1 is 1.29 bits per heavy atom. The predicted molar refractivity (Wildman–Crippen MR) is 68.5 cm³/mol. The van der Waals surface area contributed by atoms with Crippen molar-refractivity contribution in [3.8, 4) is 0 Å². The number of aromatic nitrogens is 2. The molecule has 2 rings (SSSR count). The number of rotatable bonds is 4. The summed E-state index contributed by atoms with van der Waals surface area (Å²) in [7, 11) is 2.17. The third kappa shape index (κ3) is 3.52. The van der Waals surface area contributed by atoms with E-state index < -0.39 is 0 Å². The molecule has 0 aromatic carbocycles. The van der Waals surface area contributed by atoms with Gasteiger partial charge in [0.05, 0.1) is 6.20 Å². The van der Waals surface area contributed by atoms with Gasteiger partial charge in [0.1, 0.15) is 0 Å². The number of piperazine rings is 1. The van der Waals surface area contributed by atoms with Gasteiger partial charge in [0.2, 0.25) is 0 Å². The summed E-state index contributed by atoms with van der Waals surface area (Å²) in [5.41, 5.74) is 4.71. The molecule has 5 heteroatoms. The average Bonchev–Trinajstić information content (AvgIpc) is 2.77. The second-order valence-corrected chi connectivity index (χ2v) is 5.05. The molecule has 17 heavy (non-hydrogen) atoms. The number of hydrogen-bond donors (Lipinski definition) is 1. The summed E-state index contributed by atoms with van der Waals surface area (Å²) in [5, 5.41) is 6.64. The third-order valence-electron chi connectivity index (χ3n) is 3.19. The molecular weight excluding hydrogens is 214 g/mol. The van der Waals surface area contributed by atoms with E-state index in [0.29, 0.717) is 6.04 Å². The lowest BCUT2D eigenvalue weighted by molar-refractivity contribution is 0.102. The molecule has 0 atom stereocenters. The molecule has 0 saturated carbocycles. The number of hydrogen-bond acceptors (Lipinski definition) is 4. The Bertz CT molecular complexity index is 338. The average molecular weight is 237 g/mol. The summed E-state index contributed by atoms with van der Waals surface area (Å²) in [6.45, 7) is 9.62. The maximum atomic E-state index is 4.34. The van der Waals surface area contributed by atoms with Crippen LogP contribution >= 0.6 is 0 Å². The number of hydrazine groups is 1. The van der Waals surface area contributed by atoms with Gasteiger partial charge in [-0.1, -0.05) is 0 Å². The van der Waals surface area contributed by atoms with Crippen LogP contribution in [0.4, 0.5) is 0 Å². The molecule has 1 aromatic heterocycles.